The number of carbonyl (C=O) groups is 2. The van der Waals surface area contributed by atoms with Crippen molar-refractivity contribution in [3.8, 4) is 11.5 Å². The van der Waals surface area contributed by atoms with Crippen molar-refractivity contribution in [2.75, 3.05) is 19.1 Å². The molecule has 0 unspecified atom stereocenters. The van der Waals surface area contributed by atoms with E-state index in [0.717, 1.165) is 22.3 Å². The summed E-state index contributed by atoms with van der Waals surface area (Å²) in [6.07, 6.45) is 0. The molecule has 3 aromatic carbocycles. The average Bonchev–Trinajstić information content (AvgIpc) is 3.13. The number of nitrogens with zero attached hydrogens (tertiary/aromatic N) is 1. The highest BCUT2D eigenvalue weighted by Crippen LogP contribution is 2.71. The Morgan fingerprint density at radius 3 is 1.58 bits per heavy atom. The van der Waals surface area contributed by atoms with Crippen molar-refractivity contribution in [2.24, 2.45) is 11.8 Å². The van der Waals surface area contributed by atoms with Gasteiger partial charge in [0.15, 0.2) is 0 Å². The number of ether oxygens (including phenoxy) is 2. The molecule has 2 bridgehead atoms. The summed E-state index contributed by atoms with van der Waals surface area (Å²) in [6.45, 7) is 0. The Morgan fingerprint density at radius 1 is 0.727 bits per heavy atom. The van der Waals surface area contributed by atoms with E-state index in [1.165, 1.54) is 12.0 Å². The monoisotopic (exact) mass is 567 g/mol. The van der Waals surface area contributed by atoms with Crippen molar-refractivity contribution in [2.45, 2.75) is 8.65 Å². The quantitative estimate of drug-likeness (QED) is 0.325. The predicted molar refractivity (Wildman–Crippen MR) is 131 cm³/mol. The minimum atomic E-state index is -0.825. The second-order valence-corrected chi connectivity index (χ2v) is 11.0. The maximum Gasteiger partial charge on any atom is 0.240 e. The molecule has 4 aliphatic rings. The predicted octanol–water partition coefficient (Wildman–Crippen LogP) is 5.11. The summed E-state index contributed by atoms with van der Waals surface area (Å²) in [5.41, 5.74) is 4.40. The van der Waals surface area contributed by atoms with Gasteiger partial charge < -0.3 is 9.47 Å². The molecule has 0 N–H and O–H groups in total. The molecule has 3 aromatic rings. The molecule has 2 amide bonds. The van der Waals surface area contributed by atoms with Crippen molar-refractivity contribution in [3.63, 3.8) is 0 Å². The van der Waals surface area contributed by atoms with E-state index in [2.05, 4.69) is 31.9 Å². The Kier molecular flexibility index (Phi) is 4.40. The van der Waals surface area contributed by atoms with E-state index in [4.69, 9.17) is 9.47 Å². The topological polar surface area (TPSA) is 55.8 Å². The minimum absolute atomic E-state index is 0.263. The van der Waals surface area contributed by atoms with E-state index in [-0.39, 0.29) is 11.8 Å². The van der Waals surface area contributed by atoms with Crippen LogP contribution in [-0.2, 0) is 18.2 Å². The summed E-state index contributed by atoms with van der Waals surface area (Å²) in [4.78, 5) is 29.5. The molecule has 33 heavy (non-hydrogen) atoms. The Hall–Kier alpha value is -2.64. The van der Waals surface area contributed by atoms with Crippen LogP contribution in [0.15, 0.2) is 66.7 Å². The molecule has 0 spiro atoms. The normalized spacial score (nSPS) is 28.9. The summed E-state index contributed by atoms with van der Waals surface area (Å²) in [7, 11) is 3.07. The Balaban J connectivity index is 1.64. The Morgan fingerprint density at radius 2 is 1.18 bits per heavy atom. The SMILES string of the molecule is COc1ccc(OC)c(N2C(=O)[C@@H]3[C@@H](C2=O)C2(Br)c4ccccc4C3(Br)c3ccccc32)c1. The van der Waals surface area contributed by atoms with Crippen LogP contribution < -0.4 is 14.4 Å². The van der Waals surface area contributed by atoms with Gasteiger partial charge >= 0.3 is 0 Å². The molecule has 0 aromatic heterocycles. The lowest BCUT2D eigenvalue weighted by atomic mass is 9.54. The molecule has 3 aliphatic carbocycles. The number of methoxy groups -OCH3 is 2. The maximum atomic E-state index is 14.1. The van der Waals surface area contributed by atoms with Crippen molar-refractivity contribution in [1.82, 2.24) is 0 Å². The molecule has 7 rings (SSSR count). The lowest BCUT2D eigenvalue weighted by molar-refractivity contribution is -0.122. The number of rotatable bonds is 3. The van der Waals surface area contributed by atoms with Crippen LogP contribution in [0, 0.1) is 11.8 Å². The van der Waals surface area contributed by atoms with Gasteiger partial charge in [-0.15, -0.1) is 0 Å². The van der Waals surface area contributed by atoms with E-state index in [0.29, 0.717) is 17.2 Å². The standard InChI is InChI=1S/C26H19Br2NO4/c1-32-14-11-12-20(33-2)19(13-14)29-23(30)21-22(24(29)31)26(28)16-8-4-3-7-15(16)25(21,27)17-9-5-6-10-18(17)26/h3-13,21-22H,1-2H3/t21-,22-,25?,26?/m0/s1. The molecule has 0 saturated carbocycles. The van der Waals surface area contributed by atoms with E-state index >= 15 is 0 Å². The van der Waals surface area contributed by atoms with E-state index < -0.39 is 20.5 Å². The molecule has 2 atom stereocenters. The molecule has 5 nitrogen and oxygen atoms in total. The lowest BCUT2D eigenvalue weighted by Crippen LogP contribution is -2.56. The third kappa shape index (κ3) is 2.37. The first kappa shape index (κ1) is 20.9. The first-order valence-corrected chi connectivity index (χ1v) is 12.1. The van der Waals surface area contributed by atoms with Crippen LogP contribution in [0.5, 0.6) is 11.5 Å². The molecule has 1 saturated heterocycles. The fourth-order valence-corrected chi connectivity index (χ4v) is 8.18. The number of benzene rings is 3. The summed E-state index contributed by atoms with van der Waals surface area (Å²) < 4.78 is 9.25. The van der Waals surface area contributed by atoms with Crippen LogP contribution in [0.4, 0.5) is 5.69 Å². The van der Waals surface area contributed by atoms with Crippen molar-refractivity contribution in [3.05, 3.63) is 89.0 Å². The number of alkyl halides is 2. The van der Waals surface area contributed by atoms with Crippen LogP contribution >= 0.6 is 31.9 Å². The zero-order valence-corrected chi connectivity index (χ0v) is 21.0. The minimum Gasteiger partial charge on any atom is -0.497 e. The molecule has 166 valence electrons. The van der Waals surface area contributed by atoms with Crippen LogP contribution in [0.3, 0.4) is 0 Å². The molecule has 1 fully saturated rings. The Bertz CT molecular complexity index is 1230. The number of amides is 2. The summed E-state index contributed by atoms with van der Waals surface area (Å²) in [5.74, 6) is -0.818. The molecule has 7 heteroatoms. The number of carbonyl (C=O) groups excluding carboxylic acids is 2. The number of anilines is 1. The first-order chi connectivity index (χ1) is 15.9. The van der Waals surface area contributed by atoms with Gasteiger partial charge in [0.05, 0.1) is 40.4 Å². The van der Waals surface area contributed by atoms with Gasteiger partial charge in [0, 0.05) is 6.07 Å². The average molecular weight is 569 g/mol. The molecule has 1 aliphatic heterocycles. The van der Waals surface area contributed by atoms with Gasteiger partial charge in [0.2, 0.25) is 11.8 Å². The zero-order valence-electron chi connectivity index (χ0n) is 17.8. The summed E-state index contributed by atoms with van der Waals surface area (Å²) >= 11 is 8.03. The van der Waals surface area contributed by atoms with Gasteiger partial charge in [-0.25, -0.2) is 4.90 Å². The molecule has 0 radical (unpaired) electrons. The van der Waals surface area contributed by atoms with Gasteiger partial charge in [0.25, 0.3) is 0 Å². The first-order valence-electron chi connectivity index (χ1n) is 10.6. The van der Waals surface area contributed by atoms with E-state index in [1.807, 2.05) is 48.5 Å². The lowest BCUT2D eigenvalue weighted by Gasteiger charge is -2.55. The Labute approximate surface area is 207 Å². The molecule has 1 heterocycles. The van der Waals surface area contributed by atoms with E-state index in [9.17, 15) is 9.59 Å². The van der Waals surface area contributed by atoms with Gasteiger partial charge in [-0.1, -0.05) is 80.4 Å². The van der Waals surface area contributed by atoms with E-state index in [1.54, 1.807) is 25.3 Å². The number of hydrogen-bond acceptors (Lipinski definition) is 4. The van der Waals surface area contributed by atoms with Crippen molar-refractivity contribution < 1.29 is 19.1 Å². The molecular formula is C26H19Br2NO4. The van der Waals surface area contributed by atoms with Gasteiger partial charge in [0.1, 0.15) is 11.5 Å². The third-order valence-corrected chi connectivity index (χ3v) is 9.91. The fourth-order valence-electron chi connectivity index (χ4n) is 5.88. The number of halogens is 2. The largest absolute Gasteiger partial charge is 0.497 e. The van der Waals surface area contributed by atoms with Gasteiger partial charge in [-0.2, -0.15) is 0 Å². The number of imide groups is 1. The van der Waals surface area contributed by atoms with Gasteiger partial charge in [-0.05, 0) is 34.4 Å². The summed E-state index contributed by atoms with van der Waals surface area (Å²) in [5, 5.41) is 0. The smallest absolute Gasteiger partial charge is 0.240 e. The maximum absolute atomic E-state index is 14.1. The third-order valence-electron chi connectivity index (χ3n) is 7.21. The van der Waals surface area contributed by atoms with Crippen molar-refractivity contribution in [1.29, 1.82) is 0 Å². The second kappa shape index (κ2) is 6.93. The highest BCUT2D eigenvalue weighted by atomic mass is 79.9. The summed E-state index contributed by atoms with van der Waals surface area (Å²) in [6, 6.07) is 21.2. The van der Waals surface area contributed by atoms with Crippen molar-refractivity contribution >= 4 is 49.4 Å². The van der Waals surface area contributed by atoms with Crippen LogP contribution in [0.25, 0.3) is 0 Å². The molecular weight excluding hydrogens is 550 g/mol. The fraction of sp³-hybridized carbons (Fsp3) is 0.231. The van der Waals surface area contributed by atoms with Crippen LogP contribution in [-0.4, -0.2) is 26.0 Å². The van der Waals surface area contributed by atoms with Gasteiger partial charge in [-0.3, -0.25) is 9.59 Å². The number of hydrogen-bond donors (Lipinski definition) is 0. The highest BCUT2D eigenvalue weighted by molar-refractivity contribution is 9.10. The zero-order chi connectivity index (χ0) is 23.1. The second-order valence-electron chi connectivity index (χ2n) is 8.52. The highest BCUT2D eigenvalue weighted by Gasteiger charge is 2.72. The van der Waals surface area contributed by atoms with Crippen LogP contribution in [0.1, 0.15) is 22.3 Å². The van der Waals surface area contributed by atoms with Crippen LogP contribution in [0.2, 0.25) is 0 Å².